The van der Waals surface area contributed by atoms with Gasteiger partial charge in [0.25, 0.3) is 0 Å². The molecule has 1 atom stereocenters. The minimum absolute atomic E-state index is 0. The number of aliphatic imine (C=N–C) groups is 1. The summed E-state index contributed by atoms with van der Waals surface area (Å²) in [6.07, 6.45) is 5.57. The lowest BCUT2D eigenvalue weighted by Crippen LogP contribution is -2.52. The molecule has 2 aliphatic heterocycles. The first-order chi connectivity index (χ1) is 13.5. The van der Waals surface area contributed by atoms with Crippen LogP contribution in [0.15, 0.2) is 4.99 Å². The second kappa shape index (κ2) is 11.7. The van der Waals surface area contributed by atoms with Crippen LogP contribution in [0.3, 0.4) is 0 Å². The highest BCUT2D eigenvalue weighted by Crippen LogP contribution is 2.27. The average Bonchev–Trinajstić information content (AvgIpc) is 3.39. The number of hydrogen-bond donors (Lipinski definition) is 2. The Hall–Kier alpha value is -0.610. The maximum absolute atomic E-state index is 12.7. The van der Waals surface area contributed by atoms with Crippen LogP contribution in [0.5, 0.6) is 0 Å². The van der Waals surface area contributed by atoms with E-state index in [0.29, 0.717) is 5.91 Å². The van der Waals surface area contributed by atoms with Crippen LogP contribution in [0, 0.1) is 5.92 Å². The van der Waals surface area contributed by atoms with E-state index in [2.05, 4.69) is 41.2 Å². The molecule has 3 rings (SSSR count). The van der Waals surface area contributed by atoms with Gasteiger partial charge in [0.05, 0.1) is 19.8 Å². The van der Waals surface area contributed by atoms with Crippen molar-refractivity contribution >= 4 is 35.8 Å². The van der Waals surface area contributed by atoms with E-state index >= 15 is 0 Å². The van der Waals surface area contributed by atoms with Crippen molar-refractivity contribution in [1.29, 1.82) is 0 Å². The van der Waals surface area contributed by atoms with Gasteiger partial charge in [0.2, 0.25) is 5.91 Å². The van der Waals surface area contributed by atoms with Crippen LogP contribution in [0.25, 0.3) is 0 Å². The first-order valence-electron chi connectivity index (χ1n) is 11.2. The molecule has 0 aromatic carbocycles. The Bertz CT molecular complexity index is 545. The van der Waals surface area contributed by atoms with Crippen LogP contribution in [-0.4, -0.2) is 85.7 Å². The fourth-order valence-electron chi connectivity index (χ4n) is 4.56. The van der Waals surface area contributed by atoms with Crippen molar-refractivity contribution in [2.45, 2.75) is 64.5 Å². The zero-order valence-electron chi connectivity index (χ0n) is 18.4. The van der Waals surface area contributed by atoms with Crippen molar-refractivity contribution < 1.29 is 9.53 Å². The van der Waals surface area contributed by atoms with Crippen LogP contribution in [0.1, 0.15) is 52.9 Å². The number of amides is 1. The van der Waals surface area contributed by atoms with Crippen LogP contribution in [0.2, 0.25) is 0 Å². The van der Waals surface area contributed by atoms with E-state index in [9.17, 15) is 4.79 Å². The third-order valence-corrected chi connectivity index (χ3v) is 6.38. The average molecular weight is 521 g/mol. The fourth-order valence-corrected chi connectivity index (χ4v) is 4.56. The third-order valence-electron chi connectivity index (χ3n) is 6.38. The van der Waals surface area contributed by atoms with Gasteiger partial charge in [0.15, 0.2) is 5.96 Å². The van der Waals surface area contributed by atoms with Crippen molar-refractivity contribution in [3.05, 3.63) is 0 Å². The Morgan fingerprint density at radius 3 is 2.48 bits per heavy atom. The molecule has 7 nitrogen and oxygen atoms in total. The molecular formula is C21H40IN5O2. The smallest absolute Gasteiger partial charge is 0.225 e. The number of likely N-dealkylation sites (tertiary alicyclic amines) is 1. The lowest BCUT2D eigenvalue weighted by Gasteiger charge is -2.40. The van der Waals surface area contributed by atoms with Gasteiger partial charge >= 0.3 is 0 Å². The van der Waals surface area contributed by atoms with Gasteiger partial charge in [-0.1, -0.05) is 12.8 Å². The molecule has 1 aliphatic carbocycles. The molecule has 29 heavy (non-hydrogen) atoms. The zero-order valence-corrected chi connectivity index (χ0v) is 20.7. The maximum atomic E-state index is 12.7. The van der Waals surface area contributed by atoms with E-state index in [4.69, 9.17) is 9.73 Å². The number of ether oxygens (including phenoxy) is 1. The number of morpholine rings is 1. The summed E-state index contributed by atoms with van der Waals surface area (Å²) < 4.78 is 5.48. The number of nitrogens with zero attached hydrogens (tertiary/aromatic N) is 3. The van der Waals surface area contributed by atoms with Crippen molar-refractivity contribution in [3.63, 3.8) is 0 Å². The molecule has 3 fully saturated rings. The van der Waals surface area contributed by atoms with E-state index in [1.807, 2.05) is 0 Å². The minimum atomic E-state index is 0. The molecule has 0 aromatic heterocycles. The van der Waals surface area contributed by atoms with E-state index in [1.54, 1.807) is 0 Å². The van der Waals surface area contributed by atoms with E-state index in [0.717, 1.165) is 77.7 Å². The molecule has 0 bridgehead atoms. The number of rotatable bonds is 6. The van der Waals surface area contributed by atoms with Crippen LogP contribution >= 0.6 is 24.0 Å². The van der Waals surface area contributed by atoms with Gasteiger partial charge < -0.3 is 20.3 Å². The molecule has 3 aliphatic rings. The molecule has 168 valence electrons. The van der Waals surface area contributed by atoms with Crippen LogP contribution in [-0.2, 0) is 9.53 Å². The molecule has 2 N–H and O–H groups in total. The van der Waals surface area contributed by atoms with Crippen molar-refractivity contribution in [2.75, 3.05) is 52.5 Å². The molecular weight excluding hydrogens is 481 g/mol. The molecule has 2 heterocycles. The molecule has 1 unspecified atom stereocenters. The standard InChI is InChI=1S/C21H39N5O2.HI/c1-4-22-20(23-16-21(2,3)26-11-13-28-14-12-26)24-18-9-10-25(15-18)19(27)17-7-5-6-8-17;/h17-18H,4-16H2,1-3H3,(H2,22,23,24);1H. The summed E-state index contributed by atoms with van der Waals surface area (Å²) in [5, 5.41) is 6.95. The van der Waals surface area contributed by atoms with E-state index < -0.39 is 0 Å². The molecule has 2 saturated heterocycles. The van der Waals surface area contributed by atoms with Crippen LogP contribution in [0.4, 0.5) is 0 Å². The summed E-state index contributed by atoms with van der Waals surface area (Å²) in [6.45, 7) is 13.4. The summed E-state index contributed by atoms with van der Waals surface area (Å²) in [5.41, 5.74) is 0.00623. The fraction of sp³-hybridized carbons (Fsp3) is 0.905. The van der Waals surface area contributed by atoms with Gasteiger partial charge in [-0.2, -0.15) is 0 Å². The number of halogens is 1. The summed E-state index contributed by atoms with van der Waals surface area (Å²) in [4.78, 5) is 22.1. The van der Waals surface area contributed by atoms with Gasteiger partial charge in [-0.05, 0) is 40.0 Å². The summed E-state index contributed by atoms with van der Waals surface area (Å²) in [5.74, 6) is 1.51. The Morgan fingerprint density at radius 1 is 1.14 bits per heavy atom. The number of carbonyl (C=O) groups excluding carboxylic acids is 1. The minimum Gasteiger partial charge on any atom is -0.379 e. The SMILES string of the molecule is CCNC(=NCC(C)(C)N1CCOCC1)NC1CCN(C(=O)C2CCCC2)C1.I. The third kappa shape index (κ3) is 6.95. The normalized spacial score (nSPS) is 24.4. The quantitative estimate of drug-likeness (QED) is 0.318. The van der Waals surface area contributed by atoms with Crippen molar-refractivity contribution in [2.24, 2.45) is 10.9 Å². The second-order valence-electron chi connectivity index (χ2n) is 9.00. The highest BCUT2D eigenvalue weighted by atomic mass is 127. The van der Waals surface area contributed by atoms with Crippen molar-refractivity contribution in [3.8, 4) is 0 Å². The Labute approximate surface area is 193 Å². The molecule has 1 amide bonds. The van der Waals surface area contributed by atoms with E-state index in [1.165, 1.54) is 12.8 Å². The Morgan fingerprint density at radius 2 is 1.83 bits per heavy atom. The molecule has 8 heteroatoms. The van der Waals surface area contributed by atoms with E-state index in [-0.39, 0.29) is 41.5 Å². The lowest BCUT2D eigenvalue weighted by atomic mass is 10.0. The Balaban J connectivity index is 0.00000300. The molecule has 0 spiro atoms. The molecule has 1 saturated carbocycles. The topological polar surface area (TPSA) is 69.2 Å². The van der Waals surface area contributed by atoms with Gasteiger partial charge in [-0.25, -0.2) is 0 Å². The zero-order chi connectivity index (χ0) is 20.0. The second-order valence-corrected chi connectivity index (χ2v) is 9.00. The van der Waals surface area contributed by atoms with Gasteiger partial charge in [-0.15, -0.1) is 24.0 Å². The van der Waals surface area contributed by atoms with Crippen molar-refractivity contribution in [1.82, 2.24) is 20.4 Å². The summed E-state index contributed by atoms with van der Waals surface area (Å²) >= 11 is 0. The highest BCUT2D eigenvalue weighted by Gasteiger charge is 2.33. The number of guanidine groups is 1. The van der Waals surface area contributed by atoms with Crippen LogP contribution < -0.4 is 10.6 Å². The summed E-state index contributed by atoms with van der Waals surface area (Å²) in [6, 6.07) is 0.287. The number of hydrogen-bond acceptors (Lipinski definition) is 4. The van der Waals surface area contributed by atoms with Gasteiger partial charge in [0.1, 0.15) is 0 Å². The first-order valence-corrected chi connectivity index (χ1v) is 11.2. The Kier molecular flexibility index (Phi) is 9.94. The van der Waals surface area contributed by atoms with Gasteiger partial charge in [-0.3, -0.25) is 14.7 Å². The predicted molar refractivity (Wildman–Crippen MR) is 128 cm³/mol. The maximum Gasteiger partial charge on any atom is 0.225 e. The molecule has 0 radical (unpaired) electrons. The highest BCUT2D eigenvalue weighted by molar-refractivity contribution is 14.0. The first kappa shape index (κ1) is 24.7. The monoisotopic (exact) mass is 521 g/mol. The lowest BCUT2D eigenvalue weighted by molar-refractivity contribution is -0.134. The summed E-state index contributed by atoms with van der Waals surface area (Å²) in [7, 11) is 0. The molecule has 0 aromatic rings. The number of nitrogens with one attached hydrogen (secondary N) is 2. The largest absolute Gasteiger partial charge is 0.379 e. The van der Waals surface area contributed by atoms with Gasteiger partial charge in [0, 0.05) is 50.2 Å². The number of carbonyl (C=O) groups is 1. The predicted octanol–water partition coefficient (Wildman–Crippen LogP) is 2.06.